The predicted octanol–water partition coefficient (Wildman–Crippen LogP) is 3.47. The predicted molar refractivity (Wildman–Crippen MR) is 72.7 cm³/mol. The van der Waals surface area contributed by atoms with Gasteiger partial charge in [0.15, 0.2) is 6.29 Å². The molecule has 3 rings (SSSR count). The van der Waals surface area contributed by atoms with Gasteiger partial charge in [-0.3, -0.25) is 14.9 Å². The van der Waals surface area contributed by atoms with Gasteiger partial charge in [0.05, 0.1) is 5.69 Å². The van der Waals surface area contributed by atoms with Crippen molar-refractivity contribution < 1.29 is 9.18 Å². The van der Waals surface area contributed by atoms with Crippen molar-refractivity contribution in [2.75, 3.05) is 5.43 Å². The highest BCUT2D eigenvalue weighted by molar-refractivity contribution is 5.97. The minimum atomic E-state index is -0.293. The van der Waals surface area contributed by atoms with E-state index in [4.69, 9.17) is 0 Å². The van der Waals surface area contributed by atoms with Gasteiger partial charge in [-0.1, -0.05) is 24.3 Å². The largest absolute Gasteiger partial charge is 0.296 e. The summed E-state index contributed by atoms with van der Waals surface area (Å²) in [6.45, 7) is 0. The first-order valence-corrected chi connectivity index (χ1v) is 5.86. The van der Waals surface area contributed by atoms with Crippen LogP contribution in [0.1, 0.15) is 10.5 Å². The third kappa shape index (κ3) is 2.08. The van der Waals surface area contributed by atoms with Crippen molar-refractivity contribution >= 4 is 22.7 Å². The Kier molecular flexibility index (Phi) is 2.76. The molecule has 0 unspecified atom stereocenters. The Hall–Kier alpha value is -2.62. The van der Waals surface area contributed by atoms with E-state index in [1.54, 1.807) is 16.8 Å². The number of hydrogen-bond acceptors (Lipinski definition) is 2. The molecule has 1 N–H and O–H groups in total. The molecule has 0 aliphatic rings. The normalized spacial score (nSPS) is 10.6. The Morgan fingerprint density at radius 3 is 2.53 bits per heavy atom. The minimum absolute atomic E-state index is 0.293. The number of fused-ring (bicyclic) bond motifs is 1. The molecule has 3 aromatic rings. The number of aromatic nitrogens is 1. The van der Waals surface area contributed by atoms with Crippen LogP contribution >= 0.6 is 0 Å². The van der Waals surface area contributed by atoms with Crippen molar-refractivity contribution in [1.82, 2.24) is 4.68 Å². The average Bonchev–Trinajstić information content (AvgIpc) is 2.78. The SMILES string of the molecule is O=Cc1c2ccccc2cn1Nc1ccc(F)cc1. The number of aldehydes is 1. The molecule has 0 bridgehead atoms. The summed E-state index contributed by atoms with van der Waals surface area (Å²) in [5, 5.41) is 1.85. The molecule has 0 amide bonds. The van der Waals surface area contributed by atoms with Gasteiger partial charge in [-0.25, -0.2) is 4.39 Å². The summed E-state index contributed by atoms with van der Waals surface area (Å²) in [6.07, 6.45) is 2.64. The highest BCUT2D eigenvalue weighted by Crippen LogP contribution is 2.20. The lowest BCUT2D eigenvalue weighted by molar-refractivity contribution is 0.111. The van der Waals surface area contributed by atoms with Crippen LogP contribution in [0.15, 0.2) is 54.7 Å². The molecule has 0 aliphatic carbocycles. The van der Waals surface area contributed by atoms with E-state index in [0.29, 0.717) is 11.4 Å². The quantitative estimate of drug-likeness (QED) is 0.726. The van der Waals surface area contributed by atoms with E-state index < -0.39 is 0 Å². The summed E-state index contributed by atoms with van der Waals surface area (Å²) in [4.78, 5) is 11.2. The molecule has 0 saturated heterocycles. The first-order chi connectivity index (χ1) is 9.28. The van der Waals surface area contributed by atoms with Gasteiger partial charge in [0.25, 0.3) is 0 Å². The number of anilines is 1. The molecule has 0 atom stereocenters. The fourth-order valence-electron chi connectivity index (χ4n) is 2.06. The number of rotatable bonds is 3. The second kappa shape index (κ2) is 4.57. The molecule has 0 spiro atoms. The number of carbonyl (C=O) groups excluding carboxylic acids is 1. The highest BCUT2D eigenvalue weighted by Gasteiger charge is 2.07. The first kappa shape index (κ1) is 11.5. The smallest absolute Gasteiger partial charge is 0.169 e. The van der Waals surface area contributed by atoms with Gasteiger partial charge in [-0.15, -0.1) is 0 Å². The summed E-state index contributed by atoms with van der Waals surface area (Å²) in [6, 6.07) is 13.6. The van der Waals surface area contributed by atoms with Crippen LogP contribution in [0.5, 0.6) is 0 Å². The molecule has 4 heteroatoms. The maximum absolute atomic E-state index is 12.8. The molecule has 0 aliphatic heterocycles. The third-order valence-electron chi connectivity index (χ3n) is 2.97. The molecule has 2 aromatic carbocycles. The fraction of sp³-hybridized carbons (Fsp3) is 0. The monoisotopic (exact) mass is 254 g/mol. The van der Waals surface area contributed by atoms with E-state index in [2.05, 4.69) is 5.43 Å². The van der Waals surface area contributed by atoms with Gasteiger partial charge in [0, 0.05) is 17.0 Å². The highest BCUT2D eigenvalue weighted by atomic mass is 19.1. The zero-order valence-corrected chi connectivity index (χ0v) is 10.0. The molecule has 1 heterocycles. The zero-order valence-electron chi connectivity index (χ0n) is 10.0. The Morgan fingerprint density at radius 2 is 1.79 bits per heavy atom. The molecule has 1 aromatic heterocycles. The van der Waals surface area contributed by atoms with Crippen molar-refractivity contribution in [2.45, 2.75) is 0 Å². The molecule has 94 valence electrons. The summed E-state index contributed by atoms with van der Waals surface area (Å²) in [5.41, 5.74) is 4.31. The number of nitrogens with zero attached hydrogens (tertiary/aromatic N) is 1. The number of nitrogens with one attached hydrogen (secondary N) is 1. The Balaban J connectivity index is 2.05. The van der Waals surface area contributed by atoms with Gasteiger partial charge >= 0.3 is 0 Å². The maximum atomic E-state index is 12.8. The van der Waals surface area contributed by atoms with Gasteiger partial charge in [0.2, 0.25) is 0 Å². The lowest BCUT2D eigenvalue weighted by Crippen LogP contribution is -2.10. The van der Waals surface area contributed by atoms with Crippen LogP contribution in [0.2, 0.25) is 0 Å². The first-order valence-electron chi connectivity index (χ1n) is 5.86. The zero-order chi connectivity index (χ0) is 13.2. The van der Waals surface area contributed by atoms with Crippen LogP contribution in [0.25, 0.3) is 10.8 Å². The molecule has 3 nitrogen and oxygen atoms in total. The minimum Gasteiger partial charge on any atom is -0.296 e. The number of hydrogen-bond donors (Lipinski definition) is 1. The Labute approximate surface area is 109 Å². The van der Waals surface area contributed by atoms with Crippen molar-refractivity contribution in [2.24, 2.45) is 0 Å². The van der Waals surface area contributed by atoms with Gasteiger partial charge in [0.1, 0.15) is 11.5 Å². The van der Waals surface area contributed by atoms with E-state index in [0.717, 1.165) is 17.1 Å². The Bertz CT molecular complexity index is 731. The van der Waals surface area contributed by atoms with Crippen LogP contribution < -0.4 is 5.43 Å². The lowest BCUT2D eigenvalue weighted by atomic mass is 10.2. The summed E-state index contributed by atoms with van der Waals surface area (Å²) >= 11 is 0. The molecule has 0 radical (unpaired) electrons. The second-order valence-corrected chi connectivity index (χ2v) is 4.21. The third-order valence-corrected chi connectivity index (χ3v) is 2.97. The lowest BCUT2D eigenvalue weighted by Gasteiger charge is -2.09. The standard InChI is InChI=1S/C15H11FN2O/c16-12-5-7-13(8-6-12)17-18-9-11-3-1-2-4-14(11)15(18)10-19/h1-10,17H. The van der Waals surface area contributed by atoms with E-state index in [1.807, 2.05) is 30.5 Å². The summed E-state index contributed by atoms with van der Waals surface area (Å²) < 4.78 is 14.5. The van der Waals surface area contributed by atoms with Crippen LogP contribution in [-0.4, -0.2) is 11.0 Å². The van der Waals surface area contributed by atoms with E-state index >= 15 is 0 Å². The average molecular weight is 254 g/mol. The van der Waals surface area contributed by atoms with Crippen LogP contribution in [0.4, 0.5) is 10.1 Å². The van der Waals surface area contributed by atoms with Crippen LogP contribution in [-0.2, 0) is 0 Å². The van der Waals surface area contributed by atoms with Crippen molar-refractivity contribution in [1.29, 1.82) is 0 Å². The molecule has 0 saturated carbocycles. The number of benzene rings is 2. The Morgan fingerprint density at radius 1 is 1.05 bits per heavy atom. The molecular formula is C15H11FN2O. The maximum Gasteiger partial charge on any atom is 0.169 e. The molecule has 0 fully saturated rings. The topological polar surface area (TPSA) is 34.0 Å². The van der Waals surface area contributed by atoms with Crippen molar-refractivity contribution in [3.05, 3.63) is 66.2 Å². The van der Waals surface area contributed by atoms with Crippen LogP contribution in [0, 0.1) is 5.82 Å². The van der Waals surface area contributed by atoms with Gasteiger partial charge in [-0.2, -0.15) is 0 Å². The van der Waals surface area contributed by atoms with E-state index in [9.17, 15) is 9.18 Å². The van der Waals surface area contributed by atoms with E-state index in [1.165, 1.54) is 12.1 Å². The summed E-state index contributed by atoms with van der Waals surface area (Å²) in [7, 11) is 0. The number of carbonyl (C=O) groups is 1. The summed E-state index contributed by atoms with van der Waals surface area (Å²) in [5.74, 6) is -0.293. The molecule has 19 heavy (non-hydrogen) atoms. The van der Waals surface area contributed by atoms with E-state index in [-0.39, 0.29) is 5.82 Å². The van der Waals surface area contributed by atoms with Crippen LogP contribution in [0.3, 0.4) is 0 Å². The second-order valence-electron chi connectivity index (χ2n) is 4.21. The van der Waals surface area contributed by atoms with Crippen molar-refractivity contribution in [3.8, 4) is 0 Å². The number of halogens is 1. The van der Waals surface area contributed by atoms with Gasteiger partial charge < -0.3 is 0 Å². The van der Waals surface area contributed by atoms with Gasteiger partial charge in [-0.05, 0) is 24.3 Å². The van der Waals surface area contributed by atoms with Crippen molar-refractivity contribution in [3.63, 3.8) is 0 Å². The fourth-order valence-corrected chi connectivity index (χ4v) is 2.06. The molecular weight excluding hydrogens is 243 g/mol.